The summed E-state index contributed by atoms with van der Waals surface area (Å²) in [5.74, 6) is -0.0974. The molecule has 2 aromatic rings. The van der Waals surface area contributed by atoms with E-state index in [0.717, 1.165) is 0 Å². The standard InChI is InChI=1S/C10H7Cl2N3O/c11-5-1-2-8(12)6(3-5)9(16)7-4-14-15-10(7)13/h1-4H,(H3,13,14,15). The smallest absolute Gasteiger partial charge is 0.199 e. The fourth-order valence-electron chi connectivity index (χ4n) is 1.29. The molecule has 0 radical (unpaired) electrons. The molecule has 1 aromatic heterocycles. The molecule has 4 nitrogen and oxygen atoms in total. The van der Waals surface area contributed by atoms with Crippen LogP contribution in [-0.2, 0) is 0 Å². The summed E-state index contributed by atoms with van der Waals surface area (Å²) in [5, 5.41) is 6.93. The van der Waals surface area contributed by atoms with Gasteiger partial charge in [0.2, 0.25) is 0 Å². The molecule has 0 aliphatic rings. The predicted molar refractivity (Wildman–Crippen MR) is 62.9 cm³/mol. The predicted octanol–water partition coefficient (Wildman–Crippen LogP) is 2.53. The lowest BCUT2D eigenvalue weighted by Gasteiger charge is -2.02. The number of hydrogen-bond donors (Lipinski definition) is 2. The van der Waals surface area contributed by atoms with Gasteiger partial charge in [0.1, 0.15) is 5.82 Å². The molecule has 1 aromatic carbocycles. The number of halogens is 2. The molecular weight excluding hydrogens is 249 g/mol. The molecular formula is C10H7Cl2N3O. The Hall–Kier alpha value is -1.52. The summed E-state index contributed by atoms with van der Waals surface area (Å²) in [4.78, 5) is 12.0. The van der Waals surface area contributed by atoms with Crippen molar-refractivity contribution in [3.63, 3.8) is 0 Å². The van der Waals surface area contributed by atoms with Gasteiger partial charge < -0.3 is 5.73 Å². The lowest BCUT2D eigenvalue weighted by molar-refractivity contribution is 0.104. The number of carbonyl (C=O) groups excluding carboxylic acids is 1. The van der Waals surface area contributed by atoms with Crippen LogP contribution in [0, 0.1) is 0 Å². The largest absolute Gasteiger partial charge is 0.383 e. The molecule has 0 bridgehead atoms. The van der Waals surface area contributed by atoms with E-state index in [-0.39, 0.29) is 17.2 Å². The third-order valence-electron chi connectivity index (χ3n) is 2.09. The average Bonchev–Trinajstić information content (AvgIpc) is 2.67. The zero-order valence-corrected chi connectivity index (χ0v) is 9.51. The van der Waals surface area contributed by atoms with E-state index in [0.29, 0.717) is 15.6 Å². The molecule has 0 fully saturated rings. The first-order valence-electron chi connectivity index (χ1n) is 4.38. The van der Waals surface area contributed by atoms with Gasteiger partial charge in [-0.2, -0.15) is 5.10 Å². The molecule has 16 heavy (non-hydrogen) atoms. The summed E-state index contributed by atoms with van der Waals surface area (Å²) in [6.45, 7) is 0. The number of aromatic amines is 1. The lowest BCUT2D eigenvalue weighted by atomic mass is 10.1. The number of aromatic nitrogens is 2. The highest BCUT2D eigenvalue weighted by Crippen LogP contribution is 2.24. The molecule has 0 amide bonds. The quantitative estimate of drug-likeness (QED) is 0.811. The van der Waals surface area contributed by atoms with Crippen molar-refractivity contribution >= 4 is 34.8 Å². The average molecular weight is 256 g/mol. The molecule has 0 aliphatic carbocycles. The van der Waals surface area contributed by atoms with Crippen LogP contribution in [0.15, 0.2) is 24.4 Å². The summed E-state index contributed by atoms with van der Waals surface area (Å²) >= 11 is 11.7. The van der Waals surface area contributed by atoms with Gasteiger partial charge in [-0.05, 0) is 18.2 Å². The molecule has 0 aliphatic heterocycles. The Morgan fingerprint density at radius 2 is 2.06 bits per heavy atom. The van der Waals surface area contributed by atoms with Crippen LogP contribution in [0.3, 0.4) is 0 Å². The SMILES string of the molecule is Nc1[nH]ncc1C(=O)c1cc(Cl)ccc1Cl. The van der Waals surface area contributed by atoms with Gasteiger partial charge >= 0.3 is 0 Å². The summed E-state index contributed by atoms with van der Waals surface area (Å²) in [5.41, 5.74) is 6.14. The minimum Gasteiger partial charge on any atom is -0.383 e. The zero-order valence-electron chi connectivity index (χ0n) is 8.00. The zero-order chi connectivity index (χ0) is 11.7. The molecule has 0 atom stereocenters. The fraction of sp³-hybridized carbons (Fsp3) is 0. The molecule has 3 N–H and O–H groups in total. The van der Waals surface area contributed by atoms with E-state index in [4.69, 9.17) is 28.9 Å². The van der Waals surface area contributed by atoms with E-state index < -0.39 is 0 Å². The van der Waals surface area contributed by atoms with Gasteiger partial charge in [0.15, 0.2) is 5.78 Å². The third-order valence-corrected chi connectivity index (χ3v) is 2.65. The van der Waals surface area contributed by atoms with Gasteiger partial charge in [-0.3, -0.25) is 9.89 Å². The highest BCUT2D eigenvalue weighted by Gasteiger charge is 2.17. The maximum atomic E-state index is 12.0. The minimum atomic E-state index is -0.307. The van der Waals surface area contributed by atoms with Crippen molar-refractivity contribution in [3.8, 4) is 0 Å². The Labute approximate surface area is 101 Å². The number of nitrogens with one attached hydrogen (secondary N) is 1. The summed E-state index contributed by atoms with van der Waals surface area (Å²) in [6, 6.07) is 4.67. The number of anilines is 1. The van der Waals surface area contributed by atoms with Crippen molar-refractivity contribution in [2.45, 2.75) is 0 Å². The van der Waals surface area contributed by atoms with Gasteiger partial charge in [-0.15, -0.1) is 0 Å². The van der Waals surface area contributed by atoms with Crippen molar-refractivity contribution < 1.29 is 4.79 Å². The van der Waals surface area contributed by atoms with Gasteiger partial charge in [-0.25, -0.2) is 0 Å². The van der Waals surface area contributed by atoms with Gasteiger partial charge in [0, 0.05) is 10.6 Å². The number of nitrogens with zero attached hydrogens (tertiary/aromatic N) is 1. The highest BCUT2D eigenvalue weighted by molar-refractivity contribution is 6.37. The van der Waals surface area contributed by atoms with Crippen LogP contribution in [0.5, 0.6) is 0 Å². The maximum absolute atomic E-state index is 12.0. The Balaban J connectivity index is 2.49. The van der Waals surface area contributed by atoms with Crippen LogP contribution < -0.4 is 5.73 Å². The molecule has 2 rings (SSSR count). The Morgan fingerprint density at radius 3 is 2.69 bits per heavy atom. The molecule has 0 saturated carbocycles. The third kappa shape index (κ3) is 1.89. The molecule has 0 unspecified atom stereocenters. The number of ketones is 1. The number of rotatable bonds is 2. The van der Waals surface area contributed by atoms with E-state index in [1.165, 1.54) is 12.3 Å². The normalized spacial score (nSPS) is 10.4. The number of carbonyl (C=O) groups is 1. The van der Waals surface area contributed by atoms with Crippen molar-refractivity contribution in [2.75, 3.05) is 5.73 Å². The van der Waals surface area contributed by atoms with Crippen LogP contribution in [0.2, 0.25) is 10.0 Å². The van der Waals surface area contributed by atoms with E-state index in [1.54, 1.807) is 12.1 Å². The molecule has 0 spiro atoms. The highest BCUT2D eigenvalue weighted by atomic mass is 35.5. The second-order valence-corrected chi connectivity index (χ2v) is 3.99. The van der Waals surface area contributed by atoms with Crippen LogP contribution in [0.4, 0.5) is 5.82 Å². The van der Waals surface area contributed by atoms with Crippen LogP contribution >= 0.6 is 23.2 Å². The van der Waals surface area contributed by atoms with E-state index in [2.05, 4.69) is 10.2 Å². The van der Waals surface area contributed by atoms with Crippen molar-refractivity contribution in [1.82, 2.24) is 10.2 Å². The molecule has 0 saturated heterocycles. The van der Waals surface area contributed by atoms with Crippen LogP contribution in [0.25, 0.3) is 0 Å². The van der Waals surface area contributed by atoms with Crippen molar-refractivity contribution in [2.24, 2.45) is 0 Å². The summed E-state index contributed by atoms with van der Waals surface area (Å²) in [6.07, 6.45) is 1.36. The van der Waals surface area contributed by atoms with Crippen LogP contribution in [-0.4, -0.2) is 16.0 Å². The minimum absolute atomic E-state index is 0.209. The number of H-pyrrole nitrogens is 1. The van der Waals surface area contributed by atoms with Gasteiger partial charge in [-0.1, -0.05) is 23.2 Å². The molecule has 1 heterocycles. The molecule has 82 valence electrons. The number of nitrogens with two attached hydrogens (primary N) is 1. The van der Waals surface area contributed by atoms with Crippen molar-refractivity contribution in [3.05, 3.63) is 45.6 Å². The number of hydrogen-bond acceptors (Lipinski definition) is 3. The topological polar surface area (TPSA) is 71.8 Å². The maximum Gasteiger partial charge on any atom is 0.199 e. The van der Waals surface area contributed by atoms with Crippen LogP contribution in [0.1, 0.15) is 15.9 Å². The number of nitrogen functional groups attached to an aromatic ring is 1. The summed E-state index contributed by atoms with van der Waals surface area (Å²) in [7, 11) is 0. The first kappa shape index (κ1) is 11.0. The second kappa shape index (κ2) is 4.15. The van der Waals surface area contributed by atoms with E-state index in [9.17, 15) is 4.79 Å². The monoisotopic (exact) mass is 255 g/mol. The van der Waals surface area contributed by atoms with Gasteiger partial charge in [0.05, 0.1) is 16.8 Å². The Morgan fingerprint density at radius 1 is 1.31 bits per heavy atom. The first-order chi connectivity index (χ1) is 7.59. The Bertz CT molecular complexity index is 551. The lowest BCUT2D eigenvalue weighted by Crippen LogP contribution is -2.04. The van der Waals surface area contributed by atoms with Crippen molar-refractivity contribution in [1.29, 1.82) is 0 Å². The summed E-state index contributed by atoms with van der Waals surface area (Å²) < 4.78 is 0. The second-order valence-electron chi connectivity index (χ2n) is 3.15. The first-order valence-corrected chi connectivity index (χ1v) is 5.14. The van der Waals surface area contributed by atoms with Gasteiger partial charge in [0.25, 0.3) is 0 Å². The fourth-order valence-corrected chi connectivity index (χ4v) is 1.67. The number of benzene rings is 1. The Kier molecular flexibility index (Phi) is 2.85. The van der Waals surface area contributed by atoms with E-state index >= 15 is 0 Å². The van der Waals surface area contributed by atoms with E-state index in [1.807, 2.05) is 0 Å². The molecule has 6 heteroatoms.